The van der Waals surface area contributed by atoms with Gasteiger partial charge in [0.05, 0.1) is 6.61 Å². The molecule has 1 radical (unpaired) electrons. The molecule has 0 saturated heterocycles. The molecule has 1 amide bonds. The van der Waals surface area contributed by atoms with Crippen LogP contribution < -0.4 is 10.5 Å². The van der Waals surface area contributed by atoms with E-state index >= 15 is 0 Å². The first-order chi connectivity index (χ1) is 5.74. The first-order valence-electron chi connectivity index (χ1n) is 3.56. The molecule has 0 saturated carbocycles. The number of hydrogen-bond acceptors (Lipinski definition) is 2. The zero-order valence-corrected chi connectivity index (χ0v) is 6.62. The molecule has 0 aromatic heterocycles. The van der Waals surface area contributed by atoms with Gasteiger partial charge in [0.15, 0.2) is 0 Å². The molecule has 0 aliphatic heterocycles. The molecule has 1 rings (SSSR count). The maximum Gasteiger partial charge on any atom is 0.248 e. The van der Waals surface area contributed by atoms with Crippen LogP contribution in [0.3, 0.4) is 0 Å². The Labute approximate surface area is 71.1 Å². The molecule has 0 aliphatic carbocycles. The molecule has 63 valence electrons. The van der Waals surface area contributed by atoms with Crippen molar-refractivity contribution in [3.63, 3.8) is 0 Å². The molecule has 0 aliphatic rings. The zero-order valence-electron chi connectivity index (χ0n) is 6.62. The van der Waals surface area contributed by atoms with E-state index in [4.69, 9.17) is 10.5 Å². The van der Waals surface area contributed by atoms with E-state index in [0.29, 0.717) is 17.9 Å². The minimum atomic E-state index is -0.454. The van der Waals surface area contributed by atoms with E-state index < -0.39 is 5.91 Å². The van der Waals surface area contributed by atoms with E-state index in [1.54, 1.807) is 24.3 Å². The Balaban J connectivity index is 2.88. The van der Waals surface area contributed by atoms with Gasteiger partial charge in [-0.3, -0.25) is 4.79 Å². The van der Waals surface area contributed by atoms with Crippen molar-refractivity contribution in [2.45, 2.75) is 0 Å². The Morgan fingerprint density at radius 1 is 1.58 bits per heavy atom. The van der Waals surface area contributed by atoms with Crippen molar-refractivity contribution in [2.24, 2.45) is 5.73 Å². The van der Waals surface area contributed by atoms with Gasteiger partial charge >= 0.3 is 0 Å². The minimum Gasteiger partial charge on any atom is -0.494 e. The Kier molecular flexibility index (Phi) is 2.69. The lowest BCUT2D eigenvalue weighted by Gasteiger charge is -2.02. The summed E-state index contributed by atoms with van der Waals surface area (Å²) in [5.74, 6) is 0.158. The number of hydrogen-bond donors (Lipinski definition) is 1. The number of carbonyl (C=O) groups is 1. The zero-order chi connectivity index (χ0) is 8.97. The van der Waals surface area contributed by atoms with E-state index in [1.807, 2.05) is 0 Å². The van der Waals surface area contributed by atoms with E-state index in [0.717, 1.165) is 0 Å². The van der Waals surface area contributed by atoms with E-state index in [9.17, 15) is 4.79 Å². The van der Waals surface area contributed by atoms with Gasteiger partial charge in [-0.25, -0.2) is 0 Å². The molecular formula is C9H10NO2. The summed E-state index contributed by atoms with van der Waals surface area (Å²) in [4.78, 5) is 10.7. The summed E-state index contributed by atoms with van der Waals surface area (Å²) in [6, 6.07) is 6.69. The highest BCUT2D eigenvalue weighted by atomic mass is 16.5. The summed E-state index contributed by atoms with van der Waals surface area (Å²) >= 11 is 0. The molecule has 0 unspecified atom stereocenters. The van der Waals surface area contributed by atoms with Gasteiger partial charge in [0.25, 0.3) is 0 Å². The minimum absolute atomic E-state index is 0.336. The van der Waals surface area contributed by atoms with Crippen LogP contribution in [0.2, 0.25) is 0 Å². The fraction of sp³-hybridized carbons (Fsp3) is 0.111. The SMILES string of the molecule is [CH2]COc1cccc(C(N)=O)c1. The topological polar surface area (TPSA) is 52.3 Å². The Morgan fingerprint density at radius 2 is 2.33 bits per heavy atom. The molecule has 2 N–H and O–H groups in total. The number of ether oxygens (including phenoxy) is 1. The van der Waals surface area contributed by atoms with Crippen LogP contribution in [0, 0.1) is 6.92 Å². The smallest absolute Gasteiger partial charge is 0.248 e. The second-order valence-electron chi connectivity index (χ2n) is 2.24. The highest BCUT2D eigenvalue weighted by Gasteiger charge is 2.00. The average molecular weight is 164 g/mol. The van der Waals surface area contributed by atoms with Crippen LogP contribution in [0.4, 0.5) is 0 Å². The quantitative estimate of drug-likeness (QED) is 0.724. The molecule has 0 fully saturated rings. The molecule has 0 heterocycles. The number of primary amides is 1. The standard InChI is InChI=1S/C9H10NO2/c1-2-12-8-5-3-4-7(6-8)9(10)11/h3-6H,1-2H2,(H2,10,11). The van der Waals surface area contributed by atoms with Crippen LogP contribution in [0.1, 0.15) is 10.4 Å². The van der Waals surface area contributed by atoms with Crippen molar-refractivity contribution in [1.29, 1.82) is 0 Å². The average Bonchev–Trinajstić information content (AvgIpc) is 2.05. The van der Waals surface area contributed by atoms with Gasteiger partial charge in [0.1, 0.15) is 5.75 Å². The lowest BCUT2D eigenvalue weighted by molar-refractivity contribution is 0.1000. The number of amides is 1. The first-order valence-corrected chi connectivity index (χ1v) is 3.56. The number of benzene rings is 1. The van der Waals surface area contributed by atoms with Crippen molar-refractivity contribution < 1.29 is 9.53 Å². The van der Waals surface area contributed by atoms with Crippen LogP contribution in [-0.4, -0.2) is 12.5 Å². The highest BCUT2D eigenvalue weighted by molar-refractivity contribution is 5.93. The Morgan fingerprint density at radius 3 is 2.92 bits per heavy atom. The number of carbonyl (C=O) groups excluding carboxylic acids is 1. The third-order valence-electron chi connectivity index (χ3n) is 1.39. The molecule has 0 atom stereocenters. The predicted octanol–water partition coefficient (Wildman–Crippen LogP) is 0.998. The monoisotopic (exact) mass is 164 g/mol. The molecule has 12 heavy (non-hydrogen) atoms. The maximum atomic E-state index is 10.7. The van der Waals surface area contributed by atoms with Crippen molar-refractivity contribution in [3.8, 4) is 5.75 Å². The number of nitrogens with two attached hydrogens (primary N) is 1. The molecule has 0 spiro atoms. The van der Waals surface area contributed by atoms with Crippen molar-refractivity contribution in [3.05, 3.63) is 36.8 Å². The van der Waals surface area contributed by atoms with Crippen LogP contribution in [0.15, 0.2) is 24.3 Å². The van der Waals surface area contributed by atoms with E-state index in [-0.39, 0.29) is 0 Å². The van der Waals surface area contributed by atoms with Crippen LogP contribution in [0.5, 0.6) is 5.75 Å². The lowest BCUT2D eigenvalue weighted by Crippen LogP contribution is -2.10. The first kappa shape index (κ1) is 8.59. The summed E-state index contributed by atoms with van der Waals surface area (Å²) in [7, 11) is 0. The van der Waals surface area contributed by atoms with Crippen molar-refractivity contribution >= 4 is 5.91 Å². The maximum absolute atomic E-state index is 10.7. The summed E-state index contributed by atoms with van der Waals surface area (Å²) in [6.07, 6.45) is 0. The van der Waals surface area contributed by atoms with E-state index in [1.165, 1.54) is 0 Å². The Bertz CT molecular complexity index is 284. The normalized spacial score (nSPS) is 9.42. The summed E-state index contributed by atoms with van der Waals surface area (Å²) in [6.45, 7) is 3.85. The fourth-order valence-corrected chi connectivity index (χ4v) is 0.857. The van der Waals surface area contributed by atoms with E-state index in [2.05, 4.69) is 6.92 Å². The fourth-order valence-electron chi connectivity index (χ4n) is 0.857. The van der Waals surface area contributed by atoms with Crippen LogP contribution in [0.25, 0.3) is 0 Å². The van der Waals surface area contributed by atoms with Gasteiger partial charge < -0.3 is 10.5 Å². The molecular weight excluding hydrogens is 154 g/mol. The van der Waals surface area contributed by atoms with Crippen molar-refractivity contribution in [1.82, 2.24) is 0 Å². The molecule has 3 heteroatoms. The van der Waals surface area contributed by atoms with Gasteiger partial charge in [-0.05, 0) is 25.1 Å². The summed E-state index contributed by atoms with van der Waals surface area (Å²) < 4.78 is 5.08. The molecule has 1 aromatic rings. The van der Waals surface area contributed by atoms with Crippen molar-refractivity contribution in [2.75, 3.05) is 6.61 Å². The molecule has 3 nitrogen and oxygen atoms in total. The van der Waals surface area contributed by atoms with Crippen LogP contribution in [-0.2, 0) is 0 Å². The van der Waals surface area contributed by atoms with Gasteiger partial charge in [-0.2, -0.15) is 0 Å². The Hall–Kier alpha value is -1.51. The van der Waals surface area contributed by atoms with Crippen LogP contribution >= 0.6 is 0 Å². The highest BCUT2D eigenvalue weighted by Crippen LogP contribution is 2.12. The predicted molar refractivity (Wildman–Crippen MR) is 45.8 cm³/mol. The summed E-state index contributed by atoms with van der Waals surface area (Å²) in [5, 5.41) is 0. The third-order valence-corrected chi connectivity index (χ3v) is 1.39. The lowest BCUT2D eigenvalue weighted by atomic mass is 10.2. The molecule has 0 bridgehead atoms. The number of rotatable bonds is 3. The molecule has 1 aromatic carbocycles. The second kappa shape index (κ2) is 3.76. The third kappa shape index (κ3) is 1.99. The van der Waals surface area contributed by atoms with Gasteiger partial charge in [0.2, 0.25) is 5.91 Å². The summed E-state index contributed by atoms with van der Waals surface area (Å²) in [5.41, 5.74) is 5.51. The van der Waals surface area contributed by atoms with Gasteiger partial charge in [-0.1, -0.05) is 6.07 Å². The van der Waals surface area contributed by atoms with Gasteiger partial charge in [0, 0.05) is 5.56 Å². The second-order valence-corrected chi connectivity index (χ2v) is 2.24. The van der Waals surface area contributed by atoms with Gasteiger partial charge in [-0.15, -0.1) is 0 Å². The largest absolute Gasteiger partial charge is 0.494 e.